The van der Waals surface area contributed by atoms with E-state index in [1.54, 1.807) is 4.90 Å². The van der Waals surface area contributed by atoms with E-state index in [1.165, 1.54) is 30.5 Å². The zero-order chi connectivity index (χ0) is 28.4. The molecular formula is C28H25F3N4O5. The van der Waals surface area contributed by atoms with E-state index in [4.69, 9.17) is 9.84 Å². The van der Waals surface area contributed by atoms with Crippen LogP contribution in [0.2, 0.25) is 0 Å². The second-order valence-electron chi connectivity index (χ2n) is 9.87. The average molecular weight is 555 g/mol. The number of anilines is 2. The van der Waals surface area contributed by atoms with Crippen molar-refractivity contribution in [3.05, 3.63) is 77.9 Å². The van der Waals surface area contributed by atoms with Gasteiger partial charge in [-0.15, -0.1) is 0 Å². The van der Waals surface area contributed by atoms with Gasteiger partial charge in [0.2, 0.25) is 17.7 Å². The molecule has 1 saturated carbocycles. The first kappa shape index (κ1) is 27.1. The van der Waals surface area contributed by atoms with Crippen molar-refractivity contribution >= 4 is 29.1 Å². The largest absolute Gasteiger partial charge is 0.454 e. The molecule has 1 aliphatic heterocycles. The molecule has 0 unspecified atom stereocenters. The molecule has 2 aliphatic rings. The Balaban J connectivity index is 1.22. The highest BCUT2D eigenvalue weighted by molar-refractivity contribution is 6.16. The van der Waals surface area contributed by atoms with Crippen LogP contribution in [0.4, 0.5) is 24.5 Å². The van der Waals surface area contributed by atoms with Crippen LogP contribution in [0.3, 0.4) is 0 Å². The van der Waals surface area contributed by atoms with Crippen LogP contribution < -0.4 is 15.4 Å². The zero-order valence-electron chi connectivity index (χ0n) is 21.1. The number of aromatic nitrogens is 1. The smallest absolute Gasteiger partial charge is 0.240 e. The normalized spacial score (nSPS) is 15.7. The first-order valence-electron chi connectivity index (χ1n) is 12.6. The van der Waals surface area contributed by atoms with E-state index < -0.39 is 46.1 Å². The highest BCUT2D eigenvalue weighted by Crippen LogP contribution is 2.47. The Hall–Kier alpha value is -4.45. The number of halogens is 3. The molecular weight excluding hydrogens is 529 g/mol. The van der Waals surface area contributed by atoms with Crippen molar-refractivity contribution in [2.75, 3.05) is 30.3 Å². The number of aliphatic hydroxyl groups is 1. The molecule has 1 aliphatic carbocycles. The lowest BCUT2D eigenvalue weighted by atomic mass is 10.0. The number of pyridine rings is 1. The second-order valence-corrected chi connectivity index (χ2v) is 9.87. The van der Waals surface area contributed by atoms with E-state index >= 15 is 0 Å². The number of aliphatic hydroxyl groups excluding tert-OH is 1. The lowest BCUT2D eigenvalue weighted by Crippen LogP contribution is -2.51. The van der Waals surface area contributed by atoms with Crippen LogP contribution in [0.1, 0.15) is 18.5 Å². The Morgan fingerprint density at radius 3 is 2.35 bits per heavy atom. The van der Waals surface area contributed by atoms with Gasteiger partial charge in [0.15, 0.2) is 17.4 Å². The van der Waals surface area contributed by atoms with Gasteiger partial charge in [-0.2, -0.15) is 0 Å². The number of carbonyl (C=O) groups excluding carboxylic acids is 3. The van der Waals surface area contributed by atoms with Crippen molar-refractivity contribution in [2.45, 2.75) is 19.3 Å². The minimum atomic E-state index is -1.45. The third-order valence-electron chi connectivity index (χ3n) is 6.91. The number of hydrogen-bond acceptors (Lipinski definition) is 6. The van der Waals surface area contributed by atoms with Gasteiger partial charge in [0, 0.05) is 55.7 Å². The van der Waals surface area contributed by atoms with E-state index in [0.717, 1.165) is 24.3 Å². The van der Waals surface area contributed by atoms with Crippen molar-refractivity contribution in [1.82, 2.24) is 9.88 Å². The molecule has 0 bridgehead atoms. The van der Waals surface area contributed by atoms with Gasteiger partial charge in [0.05, 0.1) is 17.8 Å². The Kier molecular flexibility index (Phi) is 7.44. The molecule has 2 aromatic carbocycles. The minimum Gasteiger partial charge on any atom is -0.454 e. The molecule has 208 valence electrons. The Labute approximate surface area is 227 Å². The number of nitrogens with zero attached hydrogens (tertiary/aromatic N) is 2. The third kappa shape index (κ3) is 5.76. The van der Waals surface area contributed by atoms with Crippen LogP contribution in [0.15, 0.2) is 54.7 Å². The van der Waals surface area contributed by atoms with E-state index in [2.05, 4.69) is 15.6 Å². The minimum absolute atomic E-state index is 0.0175. The summed E-state index contributed by atoms with van der Waals surface area (Å²) in [5, 5.41) is 13.9. The van der Waals surface area contributed by atoms with Crippen molar-refractivity contribution in [3.8, 4) is 11.5 Å². The molecule has 2 fully saturated rings. The van der Waals surface area contributed by atoms with Crippen LogP contribution >= 0.6 is 0 Å². The van der Waals surface area contributed by atoms with Crippen molar-refractivity contribution < 1.29 is 37.4 Å². The van der Waals surface area contributed by atoms with Crippen LogP contribution in [-0.4, -0.2) is 52.4 Å². The molecule has 1 saturated heterocycles. The number of hydrogen-bond donors (Lipinski definition) is 3. The van der Waals surface area contributed by atoms with Crippen LogP contribution in [-0.2, 0) is 20.8 Å². The number of likely N-dealkylation sites (tertiary alicyclic amines) is 1. The molecule has 2 heterocycles. The number of rotatable bonds is 9. The maximum Gasteiger partial charge on any atom is 0.240 e. The molecule has 12 heteroatoms. The Morgan fingerprint density at radius 1 is 0.975 bits per heavy atom. The molecule has 3 amide bonds. The van der Waals surface area contributed by atoms with Crippen molar-refractivity contribution in [2.24, 2.45) is 11.3 Å². The maximum atomic E-state index is 14.9. The van der Waals surface area contributed by atoms with E-state index in [0.29, 0.717) is 24.5 Å². The zero-order valence-corrected chi connectivity index (χ0v) is 21.1. The first-order valence-corrected chi connectivity index (χ1v) is 12.6. The van der Waals surface area contributed by atoms with Gasteiger partial charge in [-0.25, -0.2) is 13.2 Å². The maximum absolute atomic E-state index is 14.9. The van der Waals surface area contributed by atoms with E-state index in [9.17, 15) is 27.6 Å². The molecule has 9 nitrogen and oxygen atoms in total. The second kappa shape index (κ2) is 11.0. The van der Waals surface area contributed by atoms with Gasteiger partial charge in [-0.05, 0) is 43.2 Å². The molecule has 40 heavy (non-hydrogen) atoms. The van der Waals surface area contributed by atoms with Gasteiger partial charge in [0.1, 0.15) is 17.0 Å². The fraction of sp³-hybridized carbons (Fsp3) is 0.286. The molecule has 0 spiro atoms. The topological polar surface area (TPSA) is 121 Å². The van der Waals surface area contributed by atoms with Crippen LogP contribution in [0.5, 0.6) is 11.5 Å². The molecule has 0 atom stereocenters. The van der Waals surface area contributed by atoms with Gasteiger partial charge < -0.3 is 25.4 Å². The SMILES string of the molecule is O=C(Cc1cc(Oc2cc(F)c(NC(=O)C3(C(=O)Nc4ccc(F)cc4)CC3)cc2F)ccn1)N1CC(CO)C1. The summed E-state index contributed by atoms with van der Waals surface area (Å²) in [6.07, 6.45) is 1.78. The molecule has 5 rings (SSSR count). The van der Waals surface area contributed by atoms with Gasteiger partial charge in [-0.3, -0.25) is 19.4 Å². The number of ether oxygens (including phenoxy) is 1. The first-order chi connectivity index (χ1) is 19.2. The monoisotopic (exact) mass is 554 g/mol. The number of amides is 3. The fourth-order valence-corrected chi connectivity index (χ4v) is 4.31. The quantitative estimate of drug-likeness (QED) is 0.348. The summed E-state index contributed by atoms with van der Waals surface area (Å²) in [4.78, 5) is 43.6. The molecule has 3 aromatic rings. The van der Waals surface area contributed by atoms with Crippen LogP contribution in [0.25, 0.3) is 0 Å². The van der Waals surface area contributed by atoms with E-state index in [-0.39, 0.29) is 43.4 Å². The standard InChI is InChI=1S/C28H25F3N4O5/c29-17-1-3-18(4-2-17)33-26(38)28(6-7-28)27(39)34-23-11-22(31)24(12-21(23)30)40-20-5-8-32-19(9-20)10-25(37)35-13-16(14-35)15-36/h1-5,8-9,11-12,16,36H,6-7,10,13-15H2,(H,33,38)(H,34,39). The van der Waals surface area contributed by atoms with Crippen LogP contribution in [0, 0.1) is 28.8 Å². The number of nitrogens with one attached hydrogen (secondary N) is 2. The van der Waals surface area contributed by atoms with Gasteiger partial charge >= 0.3 is 0 Å². The lowest BCUT2D eigenvalue weighted by Gasteiger charge is -2.38. The predicted molar refractivity (Wildman–Crippen MR) is 137 cm³/mol. The third-order valence-corrected chi connectivity index (χ3v) is 6.91. The summed E-state index contributed by atoms with van der Waals surface area (Å²) in [6.45, 7) is 0.960. The van der Waals surface area contributed by atoms with Crippen molar-refractivity contribution in [3.63, 3.8) is 0 Å². The summed E-state index contributed by atoms with van der Waals surface area (Å²) in [5.41, 5.74) is -1.25. The lowest BCUT2D eigenvalue weighted by molar-refractivity contribution is -0.137. The Morgan fingerprint density at radius 2 is 1.68 bits per heavy atom. The molecule has 3 N–H and O–H groups in total. The Bertz CT molecular complexity index is 1460. The summed E-state index contributed by atoms with van der Waals surface area (Å²) in [7, 11) is 0. The van der Waals surface area contributed by atoms with Gasteiger partial charge in [0.25, 0.3) is 0 Å². The highest BCUT2D eigenvalue weighted by Gasteiger charge is 2.56. The number of benzene rings is 2. The number of carbonyl (C=O) groups is 3. The summed E-state index contributed by atoms with van der Waals surface area (Å²) < 4.78 is 48.3. The van der Waals surface area contributed by atoms with E-state index in [1.807, 2.05) is 0 Å². The van der Waals surface area contributed by atoms with Crippen molar-refractivity contribution in [1.29, 1.82) is 0 Å². The average Bonchev–Trinajstić information content (AvgIpc) is 3.70. The predicted octanol–water partition coefficient (Wildman–Crippen LogP) is 3.64. The summed E-state index contributed by atoms with van der Waals surface area (Å²) in [5.74, 6) is -4.30. The summed E-state index contributed by atoms with van der Waals surface area (Å²) in [6, 6.07) is 9.38. The fourth-order valence-electron chi connectivity index (χ4n) is 4.31. The van der Waals surface area contributed by atoms with Gasteiger partial charge in [-0.1, -0.05) is 0 Å². The molecule has 1 aromatic heterocycles. The molecule has 0 radical (unpaired) electrons. The highest BCUT2D eigenvalue weighted by atomic mass is 19.1. The summed E-state index contributed by atoms with van der Waals surface area (Å²) >= 11 is 0.